The highest BCUT2D eigenvalue weighted by atomic mass is 16.4. The van der Waals surface area contributed by atoms with Crippen LogP contribution in [-0.4, -0.2) is 54.5 Å². The summed E-state index contributed by atoms with van der Waals surface area (Å²) in [4.78, 5) is 24.5. The second-order valence-corrected chi connectivity index (χ2v) is 6.50. The third-order valence-corrected chi connectivity index (χ3v) is 4.75. The fraction of sp³-hybridized carbons (Fsp3) is 0.556. The zero-order chi connectivity index (χ0) is 17.5. The van der Waals surface area contributed by atoms with Gasteiger partial charge in [-0.2, -0.15) is 0 Å². The van der Waals surface area contributed by atoms with Gasteiger partial charge in [-0.3, -0.25) is 4.79 Å². The summed E-state index contributed by atoms with van der Waals surface area (Å²) >= 11 is 0. The number of aliphatic carboxylic acids is 1. The Kier molecular flexibility index (Phi) is 6.85. The van der Waals surface area contributed by atoms with Crippen LogP contribution in [0.15, 0.2) is 24.3 Å². The first-order chi connectivity index (χ1) is 11.5. The number of benzene rings is 1. The monoisotopic (exact) mass is 329 g/mol. The number of hydrogen-bond donors (Lipinski definition) is 2. The first-order valence-corrected chi connectivity index (χ1v) is 8.48. The Hall–Kier alpha value is -1.82. The Labute approximate surface area is 144 Å². The van der Waals surface area contributed by atoms with Crippen LogP contribution in [0.25, 0.3) is 0 Å². The molecule has 128 valence electrons. The van der Waals surface area contributed by atoms with Crippen molar-refractivity contribution in [2.75, 3.05) is 19.6 Å². The molecule has 2 rings (SSSR count). The lowest BCUT2D eigenvalue weighted by Crippen LogP contribution is -2.24. The van der Waals surface area contributed by atoms with Crippen LogP contribution in [0.3, 0.4) is 0 Å². The van der Waals surface area contributed by atoms with E-state index in [1.54, 1.807) is 12.1 Å². The molecule has 5 nitrogen and oxygen atoms in total. The lowest BCUT2D eigenvalue weighted by atomic mass is 9.88. The lowest BCUT2D eigenvalue weighted by molar-refractivity contribution is -0.142. The van der Waals surface area contributed by atoms with E-state index in [2.05, 4.69) is 4.90 Å². The van der Waals surface area contributed by atoms with Gasteiger partial charge in [-0.15, -0.1) is 0 Å². The molecule has 1 aliphatic heterocycles. The van der Waals surface area contributed by atoms with E-state index in [4.69, 9.17) is 13.0 Å². The summed E-state index contributed by atoms with van der Waals surface area (Å²) in [5.74, 6) is -1.71. The van der Waals surface area contributed by atoms with Gasteiger partial charge in [0.15, 0.2) is 0 Å². The molecule has 1 aromatic carbocycles. The largest absolute Gasteiger partial charge is 0.481 e. The molecule has 2 radical (unpaired) electrons. The van der Waals surface area contributed by atoms with Crippen molar-refractivity contribution in [3.8, 4) is 0 Å². The number of carbonyl (C=O) groups is 2. The standard InChI is InChI=1S/C18H24BNO4/c19-9-1-4-15-11-20(12-16(15)18(23)24)10-2-3-13-5-7-14(8-6-13)17(21)22/h5-8,15-16H,1-4,9-12H2,(H,21,22)(H,23,24)/t15-,16+/m0/s1. The number of hydrogen-bond acceptors (Lipinski definition) is 3. The molecule has 1 saturated heterocycles. The molecule has 1 aromatic rings. The van der Waals surface area contributed by atoms with Gasteiger partial charge in [0.05, 0.1) is 19.3 Å². The molecule has 1 fully saturated rings. The van der Waals surface area contributed by atoms with Crippen molar-refractivity contribution in [3.05, 3.63) is 35.4 Å². The summed E-state index contributed by atoms with van der Waals surface area (Å²) in [6.07, 6.45) is 4.15. The van der Waals surface area contributed by atoms with Crippen LogP contribution in [0, 0.1) is 11.8 Å². The van der Waals surface area contributed by atoms with E-state index < -0.39 is 11.9 Å². The second kappa shape index (κ2) is 8.88. The van der Waals surface area contributed by atoms with Crippen molar-refractivity contribution in [1.82, 2.24) is 4.90 Å². The average molecular weight is 329 g/mol. The summed E-state index contributed by atoms with van der Waals surface area (Å²) in [7, 11) is 5.54. The van der Waals surface area contributed by atoms with Gasteiger partial charge in [0.2, 0.25) is 0 Å². The third kappa shape index (κ3) is 5.10. The van der Waals surface area contributed by atoms with Crippen LogP contribution in [0.5, 0.6) is 0 Å². The van der Waals surface area contributed by atoms with Gasteiger partial charge in [0, 0.05) is 13.1 Å². The number of likely N-dealkylation sites (tertiary alicyclic amines) is 1. The zero-order valence-electron chi connectivity index (χ0n) is 13.9. The van der Waals surface area contributed by atoms with Crippen molar-refractivity contribution >= 4 is 19.8 Å². The molecule has 1 aliphatic rings. The fourth-order valence-corrected chi connectivity index (χ4v) is 3.42. The lowest BCUT2D eigenvalue weighted by Gasteiger charge is -2.15. The van der Waals surface area contributed by atoms with Gasteiger partial charge >= 0.3 is 11.9 Å². The maximum atomic E-state index is 11.4. The molecule has 0 amide bonds. The summed E-state index contributed by atoms with van der Waals surface area (Å²) in [5, 5.41) is 18.3. The molecule has 2 atom stereocenters. The Balaban J connectivity index is 1.79. The molecule has 2 N–H and O–H groups in total. The summed E-state index contributed by atoms with van der Waals surface area (Å²) in [6, 6.07) is 6.93. The number of aromatic carboxylic acids is 1. The topological polar surface area (TPSA) is 77.8 Å². The number of carboxylic acid groups (broad SMARTS) is 2. The normalized spacial score (nSPS) is 21.0. The quantitative estimate of drug-likeness (QED) is 0.680. The van der Waals surface area contributed by atoms with Gasteiger partial charge in [-0.05, 0) is 49.4 Å². The van der Waals surface area contributed by atoms with Crippen LogP contribution in [-0.2, 0) is 11.2 Å². The van der Waals surface area contributed by atoms with E-state index in [0.29, 0.717) is 18.4 Å². The summed E-state index contributed by atoms with van der Waals surface area (Å²) in [6.45, 7) is 2.31. The molecule has 0 unspecified atom stereocenters. The molecule has 0 saturated carbocycles. The van der Waals surface area contributed by atoms with Crippen molar-refractivity contribution < 1.29 is 19.8 Å². The van der Waals surface area contributed by atoms with Crippen LogP contribution >= 0.6 is 0 Å². The average Bonchev–Trinajstić information content (AvgIpc) is 2.97. The maximum absolute atomic E-state index is 11.4. The number of rotatable bonds is 9. The minimum Gasteiger partial charge on any atom is -0.481 e. The zero-order valence-corrected chi connectivity index (χ0v) is 13.9. The minimum atomic E-state index is -0.915. The fourth-order valence-electron chi connectivity index (χ4n) is 3.42. The van der Waals surface area contributed by atoms with Crippen molar-refractivity contribution in [3.63, 3.8) is 0 Å². The first-order valence-electron chi connectivity index (χ1n) is 8.48. The Morgan fingerprint density at radius 1 is 1.12 bits per heavy atom. The number of nitrogens with zero attached hydrogens (tertiary/aromatic N) is 1. The highest BCUT2D eigenvalue weighted by molar-refractivity contribution is 6.08. The van der Waals surface area contributed by atoms with Gasteiger partial charge in [0.1, 0.15) is 0 Å². The number of carboxylic acids is 2. The van der Waals surface area contributed by atoms with Crippen LogP contribution in [0.1, 0.15) is 35.2 Å². The third-order valence-electron chi connectivity index (χ3n) is 4.75. The van der Waals surface area contributed by atoms with E-state index >= 15 is 0 Å². The number of aryl methyl sites for hydroxylation is 1. The van der Waals surface area contributed by atoms with Gasteiger partial charge in [-0.1, -0.05) is 24.9 Å². The predicted octanol–water partition coefficient (Wildman–Crippen LogP) is 2.32. The molecule has 0 bridgehead atoms. The first kappa shape index (κ1) is 18.5. The van der Waals surface area contributed by atoms with Gasteiger partial charge < -0.3 is 15.1 Å². The summed E-state index contributed by atoms with van der Waals surface area (Å²) < 4.78 is 0. The predicted molar refractivity (Wildman–Crippen MR) is 92.6 cm³/mol. The van der Waals surface area contributed by atoms with E-state index in [1.165, 1.54) is 0 Å². The molecular weight excluding hydrogens is 305 g/mol. The van der Waals surface area contributed by atoms with E-state index in [9.17, 15) is 14.7 Å². The maximum Gasteiger partial charge on any atom is 0.335 e. The van der Waals surface area contributed by atoms with Gasteiger partial charge in [-0.25, -0.2) is 4.79 Å². The Morgan fingerprint density at radius 2 is 1.83 bits per heavy atom. The second-order valence-electron chi connectivity index (χ2n) is 6.50. The molecule has 1 heterocycles. The Bertz CT molecular complexity index is 561. The highest BCUT2D eigenvalue weighted by Crippen LogP contribution is 2.28. The molecule has 24 heavy (non-hydrogen) atoms. The van der Waals surface area contributed by atoms with E-state index in [-0.39, 0.29) is 11.8 Å². The van der Waals surface area contributed by atoms with Crippen molar-refractivity contribution in [2.45, 2.75) is 32.0 Å². The summed E-state index contributed by atoms with van der Waals surface area (Å²) in [5.41, 5.74) is 1.40. The van der Waals surface area contributed by atoms with Gasteiger partial charge in [0.25, 0.3) is 0 Å². The van der Waals surface area contributed by atoms with Crippen LogP contribution in [0.2, 0.25) is 6.32 Å². The SMILES string of the molecule is [B]CCC[C@H]1CN(CCCc2ccc(C(=O)O)cc2)C[C@H]1C(=O)O. The van der Waals surface area contributed by atoms with Crippen molar-refractivity contribution in [2.24, 2.45) is 11.8 Å². The Morgan fingerprint density at radius 3 is 2.42 bits per heavy atom. The minimum absolute atomic E-state index is 0.195. The molecule has 0 spiro atoms. The smallest absolute Gasteiger partial charge is 0.335 e. The molecule has 0 aliphatic carbocycles. The van der Waals surface area contributed by atoms with Crippen molar-refractivity contribution in [1.29, 1.82) is 0 Å². The van der Waals surface area contributed by atoms with E-state index in [0.717, 1.165) is 44.3 Å². The molecule has 0 aromatic heterocycles. The highest BCUT2D eigenvalue weighted by Gasteiger charge is 2.36. The molecule has 6 heteroatoms. The van der Waals surface area contributed by atoms with Crippen LogP contribution < -0.4 is 0 Å². The van der Waals surface area contributed by atoms with Crippen LogP contribution in [0.4, 0.5) is 0 Å². The molecular formula is C18H24BNO4. The van der Waals surface area contributed by atoms with E-state index in [1.807, 2.05) is 12.1 Å².